The van der Waals surface area contributed by atoms with Crippen LogP contribution in [0.15, 0.2) is 53.9 Å². The van der Waals surface area contributed by atoms with Gasteiger partial charge >= 0.3 is 0 Å². The molecule has 0 aliphatic rings. The number of ether oxygens (including phenoxy) is 2. The molecular weight excluding hydrogens is 358 g/mol. The second kappa shape index (κ2) is 8.73. The van der Waals surface area contributed by atoms with Crippen LogP contribution in [0.25, 0.3) is 0 Å². The molecule has 140 valence electrons. The predicted octanol–water partition coefficient (Wildman–Crippen LogP) is 5.59. The Balaban J connectivity index is 1.59. The van der Waals surface area contributed by atoms with Crippen LogP contribution in [-0.4, -0.2) is 12.5 Å². The van der Waals surface area contributed by atoms with Gasteiger partial charge in [0.05, 0.1) is 11.5 Å². The highest BCUT2D eigenvalue weighted by atomic mass is 32.1. The average molecular weight is 381 g/mol. The third-order valence-corrected chi connectivity index (χ3v) is 5.02. The number of hydrogen-bond acceptors (Lipinski definition) is 4. The summed E-state index contributed by atoms with van der Waals surface area (Å²) in [7, 11) is 0. The number of nitrogens with one attached hydrogen (secondary N) is 1. The normalized spacial score (nSPS) is 10.5. The van der Waals surface area contributed by atoms with Gasteiger partial charge in [0.15, 0.2) is 0 Å². The minimum Gasteiger partial charge on any atom is -0.494 e. The van der Waals surface area contributed by atoms with Crippen LogP contribution in [0, 0.1) is 13.8 Å². The Hall–Kier alpha value is -2.79. The van der Waals surface area contributed by atoms with Crippen LogP contribution in [0.4, 0.5) is 5.69 Å². The Morgan fingerprint density at radius 1 is 1.04 bits per heavy atom. The molecule has 0 bridgehead atoms. The van der Waals surface area contributed by atoms with E-state index in [0.29, 0.717) is 18.1 Å². The van der Waals surface area contributed by atoms with Crippen molar-refractivity contribution < 1.29 is 14.3 Å². The highest BCUT2D eigenvalue weighted by Crippen LogP contribution is 2.23. The zero-order valence-corrected chi connectivity index (χ0v) is 16.6. The second-order valence-electron chi connectivity index (χ2n) is 6.29. The van der Waals surface area contributed by atoms with Crippen LogP contribution in [0.2, 0.25) is 0 Å². The lowest BCUT2D eigenvalue weighted by Crippen LogP contribution is -2.10. The minimum absolute atomic E-state index is 0.123. The third kappa shape index (κ3) is 5.11. The van der Waals surface area contributed by atoms with Gasteiger partial charge in [-0.2, -0.15) is 0 Å². The molecule has 0 unspecified atom stereocenters. The molecule has 5 heteroatoms. The molecule has 0 radical (unpaired) electrons. The van der Waals surface area contributed by atoms with Gasteiger partial charge in [0.2, 0.25) is 0 Å². The van der Waals surface area contributed by atoms with Gasteiger partial charge < -0.3 is 14.8 Å². The molecule has 0 saturated carbocycles. The van der Waals surface area contributed by atoms with Crippen molar-refractivity contribution >= 4 is 22.9 Å². The Morgan fingerprint density at radius 3 is 2.56 bits per heavy atom. The molecule has 0 atom stereocenters. The number of carbonyl (C=O) groups is 1. The zero-order chi connectivity index (χ0) is 19.2. The zero-order valence-electron chi connectivity index (χ0n) is 15.7. The lowest BCUT2D eigenvalue weighted by atomic mass is 10.1. The van der Waals surface area contributed by atoms with Crippen LogP contribution in [0.5, 0.6) is 11.5 Å². The number of anilines is 1. The third-order valence-electron chi connectivity index (χ3n) is 4.04. The molecule has 27 heavy (non-hydrogen) atoms. The molecule has 3 aromatic rings. The number of benzene rings is 2. The molecule has 1 aromatic heterocycles. The SMILES string of the molecule is CCOc1ccc(NC(=O)c2cc(COc3cc(C)ccc3C)cs2)cc1. The average Bonchev–Trinajstić information content (AvgIpc) is 3.13. The molecule has 4 nitrogen and oxygen atoms in total. The Kier molecular flexibility index (Phi) is 6.14. The van der Waals surface area contributed by atoms with E-state index in [1.54, 1.807) is 0 Å². The minimum atomic E-state index is -0.123. The van der Waals surface area contributed by atoms with E-state index in [-0.39, 0.29) is 5.91 Å². The highest BCUT2D eigenvalue weighted by Gasteiger charge is 2.10. The molecule has 0 saturated heterocycles. The summed E-state index contributed by atoms with van der Waals surface area (Å²) < 4.78 is 11.3. The van der Waals surface area contributed by atoms with Crippen molar-refractivity contribution in [2.24, 2.45) is 0 Å². The summed E-state index contributed by atoms with van der Waals surface area (Å²) >= 11 is 1.41. The molecule has 2 aromatic carbocycles. The molecule has 1 N–H and O–H groups in total. The summed E-state index contributed by atoms with van der Waals surface area (Å²) in [6.45, 7) is 7.07. The van der Waals surface area contributed by atoms with Gasteiger partial charge in [0.25, 0.3) is 5.91 Å². The quantitative estimate of drug-likeness (QED) is 0.580. The molecule has 3 rings (SSSR count). The van der Waals surface area contributed by atoms with Crippen molar-refractivity contribution in [3.05, 3.63) is 75.5 Å². The first-order valence-corrected chi connectivity index (χ1v) is 9.75. The number of aryl methyl sites for hydroxylation is 2. The fourth-order valence-corrected chi connectivity index (χ4v) is 3.38. The topological polar surface area (TPSA) is 47.6 Å². The van der Waals surface area contributed by atoms with Crippen molar-refractivity contribution in [1.82, 2.24) is 0 Å². The standard InChI is InChI=1S/C22H23NO3S/c1-4-25-19-9-7-18(8-10-19)23-22(24)21-12-17(14-27-21)13-26-20-11-15(2)5-6-16(20)3/h5-12,14H,4,13H2,1-3H3,(H,23,24). The summed E-state index contributed by atoms with van der Waals surface area (Å²) in [6, 6.07) is 15.4. The smallest absolute Gasteiger partial charge is 0.265 e. The summed E-state index contributed by atoms with van der Waals surface area (Å²) in [5, 5.41) is 4.86. The fraction of sp³-hybridized carbons (Fsp3) is 0.227. The number of carbonyl (C=O) groups excluding carboxylic acids is 1. The molecule has 0 spiro atoms. The number of hydrogen-bond donors (Lipinski definition) is 1. The van der Waals surface area contributed by atoms with E-state index in [2.05, 4.69) is 11.4 Å². The number of thiophene rings is 1. The lowest BCUT2D eigenvalue weighted by Gasteiger charge is -2.09. The summed E-state index contributed by atoms with van der Waals surface area (Å²) in [5.41, 5.74) is 3.99. The Bertz CT molecular complexity index is 916. The van der Waals surface area contributed by atoms with Gasteiger partial charge in [-0.15, -0.1) is 11.3 Å². The van der Waals surface area contributed by atoms with Gasteiger partial charge in [-0.25, -0.2) is 0 Å². The first-order valence-electron chi connectivity index (χ1n) is 8.87. The number of rotatable bonds is 7. The van der Waals surface area contributed by atoms with Crippen molar-refractivity contribution in [3.63, 3.8) is 0 Å². The van der Waals surface area contributed by atoms with E-state index in [1.165, 1.54) is 11.3 Å². The van der Waals surface area contributed by atoms with E-state index in [4.69, 9.17) is 9.47 Å². The van der Waals surface area contributed by atoms with Gasteiger partial charge in [-0.05, 0) is 73.7 Å². The lowest BCUT2D eigenvalue weighted by molar-refractivity contribution is 0.103. The molecular formula is C22H23NO3S. The maximum absolute atomic E-state index is 12.4. The Morgan fingerprint density at radius 2 is 1.81 bits per heavy atom. The van der Waals surface area contributed by atoms with Crippen molar-refractivity contribution in [1.29, 1.82) is 0 Å². The van der Waals surface area contributed by atoms with Crippen LogP contribution >= 0.6 is 11.3 Å². The first kappa shape index (κ1) is 19.0. The van der Waals surface area contributed by atoms with Crippen molar-refractivity contribution in [2.45, 2.75) is 27.4 Å². The molecule has 0 aliphatic heterocycles. The van der Waals surface area contributed by atoms with E-state index >= 15 is 0 Å². The molecule has 1 amide bonds. The van der Waals surface area contributed by atoms with Gasteiger partial charge in [-0.3, -0.25) is 4.79 Å². The maximum Gasteiger partial charge on any atom is 0.265 e. The summed E-state index contributed by atoms with van der Waals surface area (Å²) in [5.74, 6) is 1.54. The Labute approximate surface area is 163 Å². The van der Waals surface area contributed by atoms with E-state index in [1.807, 2.05) is 68.6 Å². The first-order chi connectivity index (χ1) is 13.0. The van der Waals surface area contributed by atoms with Crippen molar-refractivity contribution in [2.75, 3.05) is 11.9 Å². The monoisotopic (exact) mass is 381 g/mol. The predicted molar refractivity (Wildman–Crippen MR) is 110 cm³/mol. The van der Waals surface area contributed by atoms with Gasteiger partial charge in [0, 0.05) is 11.3 Å². The largest absolute Gasteiger partial charge is 0.494 e. The van der Waals surface area contributed by atoms with Crippen LogP contribution in [0.3, 0.4) is 0 Å². The van der Waals surface area contributed by atoms with Crippen LogP contribution in [0.1, 0.15) is 33.3 Å². The van der Waals surface area contributed by atoms with E-state index in [0.717, 1.165) is 33.9 Å². The maximum atomic E-state index is 12.4. The molecule has 0 fully saturated rings. The van der Waals surface area contributed by atoms with E-state index < -0.39 is 0 Å². The van der Waals surface area contributed by atoms with Crippen LogP contribution < -0.4 is 14.8 Å². The number of amides is 1. The fourth-order valence-electron chi connectivity index (χ4n) is 2.59. The van der Waals surface area contributed by atoms with Gasteiger partial charge in [-0.1, -0.05) is 12.1 Å². The second-order valence-corrected chi connectivity index (χ2v) is 7.20. The van der Waals surface area contributed by atoms with Crippen molar-refractivity contribution in [3.8, 4) is 11.5 Å². The van der Waals surface area contributed by atoms with Crippen LogP contribution in [-0.2, 0) is 6.61 Å². The van der Waals surface area contributed by atoms with E-state index in [9.17, 15) is 4.79 Å². The highest BCUT2D eigenvalue weighted by molar-refractivity contribution is 7.12. The molecule has 0 aliphatic carbocycles. The van der Waals surface area contributed by atoms with Gasteiger partial charge in [0.1, 0.15) is 18.1 Å². The summed E-state index contributed by atoms with van der Waals surface area (Å²) in [4.78, 5) is 13.1. The summed E-state index contributed by atoms with van der Waals surface area (Å²) in [6.07, 6.45) is 0. The molecule has 1 heterocycles.